The van der Waals surface area contributed by atoms with Gasteiger partial charge in [0.1, 0.15) is 0 Å². The summed E-state index contributed by atoms with van der Waals surface area (Å²) in [6.07, 6.45) is 3.85. The molecule has 5 nitrogen and oxygen atoms in total. The Labute approximate surface area is 144 Å². The average molecular weight is 435 g/mol. The van der Waals surface area contributed by atoms with E-state index in [4.69, 9.17) is 10.00 Å². The molecule has 0 aliphatic heterocycles. The van der Waals surface area contributed by atoms with Crippen LogP contribution >= 0.6 is 43.6 Å². The summed E-state index contributed by atoms with van der Waals surface area (Å²) in [6, 6.07) is 3.62. The Hall–Kier alpha value is -1.04. The van der Waals surface area contributed by atoms with E-state index in [9.17, 15) is 4.79 Å². The Morgan fingerprint density at radius 2 is 2.10 bits per heavy atom. The molecule has 1 aromatic rings. The molecule has 0 saturated carbocycles. The highest BCUT2D eigenvalue weighted by Crippen LogP contribution is 2.35. The highest BCUT2D eigenvalue weighted by atomic mass is 79.9. The third-order valence-electron chi connectivity index (χ3n) is 2.30. The van der Waals surface area contributed by atoms with Gasteiger partial charge in [0, 0.05) is 8.95 Å². The molecule has 0 aliphatic carbocycles. The maximum absolute atomic E-state index is 11.5. The lowest BCUT2D eigenvalue weighted by Gasteiger charge is -2.08. The smallest absolute Gasteiger partial charge is 0.310 e. The molecule has 8 heteroatoms. The van der Waals surface area contributed by atoms with Crippen molar-refractivity contribution in [3.05, 3.63) is 26.6 Å². The fraction of sp³-hybridized carbons (Fsp3) is 0.308. The molecule has 0 amide bonds. The van der Waals surface area contributed by atoms with Gasteiger partial charge in [-0.3, -0.25) is 10.1 Å². The van der Waals surface area contributed by atoms with Crippen LogP contribution in [0.3, 0.4) is 0 Å². The van der Waals surface area contributed by atoms with Crippen LogP contribution in [0.4, 0.5) is 5.69 Å². The highest BCUT2D eigenvalue weighted by molar-refractivity contribution is 9.11. The molecule has 0 spiro atoms. The number of amidine groups is 1. The number of hydrogen-bond donors (Lipinski definition) is 1. The van der Waals surface area contributed by atoms with Gasteiger partial charge in [-0.05, 0) is 62.7 Å². The second kappa shape index (κ2) is 9.07. The fourth-order valence-corrected chi connectivity index (χ4v) is 3.27. The number of nitriles is 1. The molecule has 0 unspecified atom stereocenters. The zero-order chi connectivity index (χ0) is 15.8. The summed E-state index contributed by atoms with van der Waals surface area (Å²) in [5.41, 5.74) is 1.46. The molecule has 21 heavy (non-hydrogen) atoms. The first kappa shape index (κ1) is 18.0. The molecule has 1 rings (SSSR count). The van der Waals surface area contributed by atoms with Gasteiger partial charge in [-0.25, -0.2) is 4.99 Å². The third-order valence-corrected chi connectivity index (χ3v) is 4.09. The number of halogens is 2. The van der Waals surface area contributed by atoms with Crippen molar-refractivity contribution in [1.82, 2.24) is 5.32 Å². The van der Waals surface area contributed by atoms with Gasteiger partial charge in [-0.1, -0.05) is 11.8 Å². The largest absolute Gasteiger partial charge is 0.466 e. The molecule has 0 bridgehead atoms. The molecular weight excluding hydrogens is 422 g/mol. The van der Waals surface area contributed by atoms with Crippen molar-refractivity contribution in [2.24, 2.45) is 4.99 Å². The van der Waals surface area contributed by atoms with Gasteiger partial charge >= 0.3 is 5.97 Å². The molecule has 112 valence electrons. The lowest BCUT2D eigenvalue weighted by atomic mass is 10.1. The number of ether oxygens (including phenoxy) is 1. The number of rotatable bonds is 4. The number of hydrogen-bond acceptors (Lipinski definition) is 5. The zero-order valence-electron chi connectivity index (χ0n) is 11.4. The van der Waals surface area contributed by atoms with Gasteiger partial charge in [0.15, 0.2) is 11.4 Å². The van der Waals surface area contributed by atoms with E-state index < -0.39 is 0 Å². The molecule has 0 fully saturated rings. The molecular formula is C13H13Br2N3O2S. The number of nitrogens with zero attached hydrogens (tertiary/aromatic N) is 2. The van der Waals surface area contributed by atoms with Crippen LogP contribution in [-0.2, 0) is 16.0 Å². The molecule has 0 heterocycles. The van der Waals surface area contributed by atoms with Gasteiger partial charge in [-0.2, -0.15) is 5.26 Å². The van der Waals surface area contributed by atoms with Crippen LogP contribution < -0.4 is 5.32 Å². The maximum atomic E-state index is 11.5. The normalized spacial score (nSPS) is 10.9. The van der Waals surface area contributed by atoms with E-state index in [-0.39, 0.29) is 12.4 Å². The predicted molar refractivity (Wildman–Crippen MR) is 91.5 cm³/mol. The Bertz CT molecular complexity index is 577. The van der Waals surface area contributed by atoms with Crippen LogP contribution in [0, 0.1) is 11.5 Å². The first-order chi connectivity index (χ1) is 10.0. The van der Waals surface area contributed by atoms with Gasteiger partial charge in [-0.15, -0.1) is 0 Å². The van der Waals surface area contributed by atoms with E-state index in [1.807, 2.05) is 24.6 Å². The monoisotopic (exact) mass is 433 g/mol. The number of benzene rings is 1. The van der Waals surface area contributed by atoms with E-state index in [0.717, 1.165) is 14.5 Å². The van der Waals surface area contributed by atoms with Gasteiger partial charge < -0.3 is 4.74 Å². The molecule has 0 aliphatic rings. The quantitative estimate of drug-likeness (QED) is 0.257. The molecule has 1 N–H and O–H groups in total. The van der Waals surface area contributed by atoms with Gasteiger partial charge in [0.25, 0.3) is 0 Å². The summed E-state index contributed by atoms with van der Waals surface area (Å²) in [6.45, 7) is 2.13. The zero-order valence-corrected chi connectivity index (χ0v) is 15.4. The lowest BCUT2D eigenvalue weighted by molar-refractivity contribution is -0.142. The van der Waals surface area contributed by atoms with Crippen molar-refractivity contribution in [2.45, 2.75) is 13.3 Å². The third kappa shape index (κ3) is 5.69. The van der Waals surface area contributed by atoms with Crippen molar-refractivity contribution in [3.8, 4) is 6.19 Å². The van der Waals surface area contributed by atoms with Crippen molar-refractivity contribution in [3.63, 3.8) is 0 Å². The summed E-state index contributed by atoms with van der Waals surface area (Å²) in [4.78, 5) is 15.9. The van der Waals surface area contributed by atoms with Gasteiger partial charge in [0.05, 0.1) is 18.7 Å². The molecule has 0 aromatic heterocycles. The first-order valence-corrected chi connectivity index (χ1v) is 8.74. The minimum atomic E-state index is -0.275. The first-order valence-electron chi connectivity index (χ1n) is 5.93. The highest BCUT2D eigenvalue weighted by Gasteiger charge is 2.11. The minimum absolute atomic E-state index is 0.195. The van der Waals surface area contributed by atoms with Crippen LogP contribution in [0.25, 0.3) is 0 Å². The Kier molecular flexibility index (Phi) is 7.78. The van der Waals surface area contributed by atoms with Crippen molar-refractivity contribution >= 4 is 60.4 Å². The van der Waals surface area contributed by atoms with Crippen molar-refractivity contribution < 1.29 is 9.53 Å². The minimum Gasteiger partial charge on any atom is -0.466 e. The summed E-state index contributed by atoms with van der Waals surface area (Å²) in [5.74, 6) is -0.275. The topological polar surface area (TPSA) is 74.5 Å². The van der Waals surface area contributed by atoms with Crippen LogP contribution in [0.2, 0.25) is 0 Å². The van der Waals surface area contributed by atoms with Crippen LogP contribution in [0.15, 0.2) is 26.1 Å². The van der Waals surface area contributed by atoms with E-state index in [1.165, 1.54) is 11.8 Å². The maximum Gasteiger partial charge on any atom is 0.310 e. The second-order valence-corrected chi connectivity index (χ2v) is 6.25. The molecule has 1 aromatic carbocycles. The molecule has 0 saturated heterocycles. The summed E-state index contributed by atoms with van der Waals surface area (Å²) in [5, 5.41) is 11.6. The lowest BCUT2D eigenvalue weighted by Crippen LogP contribution is -2.12. The summed E-state index contributed by atoms with van der Waals surface area (Å²) in [7, 11) is 0. The Morgan fingerprint density at radius 3 is 2.57 bits per heavy atom. The predicted octanol–water partition coefficient (Wildman–Crippen LogP) is 3.74. The Morgan fingerprint density at radius 1 is 1.48 bits per heavy atom. The van der Waals surface area contributed by atoms with E-state index in [1.54, 1.807) is 6.92 Å². The van der Waals surface area contributed by atoms with E-state index in [2.05, 4.69) is 42.2 Å². The van der Waals surface area contributed by atoms with Crippen molar-refractivity contribution in [2.75, 3.05) is 12.9 Å². The summed E-state index contributed by atoms with van der Waals surface area (Å²) >= 11 is 8.18. The van der Waals surface area contributed by atoms with Crippen LogP contribution in [0.1, 0.15) is 12.5 Å². The van der Waals surface area contributed by atoms with Gasteiger partial charge in [0.2, 0.25) is 0 Å². The number of thioether (sulfide) groups is 1. The number of esters is 1. The number of carbonyl (C=O) groups excluding carboxylic acids is 1. The van der Waals surface area contributed by atoms with Crippen LogP contribution in [-0.4, -0.2) is 24.0 Å². The second-order valence-electron chi connectivity index (χ2n) is 3.75. The van der Waals surface area contributed by atoms with E-state index >= 15 is 0 Å². The number of aliphatic imine (C=N–C) groups is 1. The Balaban J connectivity index is 3.05. The number of nitrogens with one attached hydrogen (secondary N) is 1. The molecule has 0 atom stereocenters. The SMILES string of the molecule is CCOC(=O)Cc1cc(Br)c(N=C(NC#N)SC)c(Br)c1. The van der Waals surface area contributed by atoms with E-state index in [0.29, 0.717) is 17.5 Å². The standard InChI is InChI=1S/C13H13Br2N3O2S/c1-3-20-11(19)6-8-4-9(14)12(10(15)5-8)18-13(21-2)17-7-16/h4-5H,3,6H2,1-2H3,(H,17,18). The molecule has 0 radical (unpaired) electrons. The van der Waals surface area contributed by atoms with Crippen LogP contribution in [0.5, 0.6) is 0 Å². The van der Waals surface area contributed by atoms with Crippen molar-refractivity contribution in [1.29, 1.82) is 5.26 Å². The summed E-state index contributed by atoms with van der Waals surface area (Å²) < 4.78 is 6.37. The fourth-order valence-electron chi connectivity index (χ4n) is 1.48. The average Bonchev–Trinajstić information content (AvgIpc) is 2.41. The number of carbonyl (C=O) groups is 1.